The zero-order valence-electron chi connectivity index (χ0n) is 16.3. The van der Waals surface area contributed by atoms with Crippen LogP contribution in [0.4, 0.5) is 5.69 Å². The molecule has 1 saturated heterocycles. The molecule has 0 bridgehead atoms. The van der Waals surface area contributed by atoms with Crippen LogP contribution >= 0.6 is 15.9 Å². The number of halogens is 1. The molecule has 0 radical (unpaired) electrons. The van der Waals surface area contributed by atoms with Gasteiger partial charge in [0.05, 0.1) is 18.1 Å². The van der Waals surface area contributed by atoms with Gasteiger partial charge in [0.1, 0.15) is 0 Å². The number of carbonyl (C=O) groups excluding carboxylic acids is 2. The summed E-state index contributed by atoms with van der Waals surface area (Å²) in [5.41, 5.74) is 3.12. The molecule has 0 unspecified atom stereocenters. The summed E-state index contributed by atoms with van der Waals surface area (Å²) in [6.07, 6.45) is 1.21. The maximum Gasteiger partial charge on any atom is 0.338 e. The fourth-order valence-corrected chi connectivity index (χ4v) is 3.90. The molecule has 1 N–H and O–H groups in total. The number of ether oxygens (including phenoxy) is 2. The first-order valence-corrected chi connectivity index (χ1v) is 10.0. The van der Waals surface area contributed by atoms with E-state index >= 15 is 0 Å². The van der Waals surface area contributed by atoms with Crippen LogP contribution < -0.4 is 5.32 Å². The topological polar surface area (TPSA) is 64.6 Å². The van der Waals surface area contributed by atoms with Crippen LogP contribution in [-0.4, -0.2) is 32.2 Å². The highest BCUT2D eigenvalue weighted by molar-refractivity contribution is 9.10. The molecular formula is C22H24BrNO4. The van der Waals surface area contributed by atoms with Gasteiger partial charge in [-0.25, -0.2) is 4.79 Å². The second kappa shape index (κ2) is 8.45. The van der Waals surface area contributed by atoms with E-state index in [1.807, 2.05) is 44.2 Å². The number of anilines is 1. The fraction of sp³-hybridized carbons (Fsp3) is 0.364. The van der Waals surface area contributed by atoms with Gasteiger partial charge in [-0.1, -0.05) is 28.1 Å². The highest BCUT2D eigenvalue weighted by Crippen LogP contribution is 2.37. The fourth-order valence-electron chi connectivity index (χ4n) is 3.64. The second-order valence-electron chi connectivity index (χ2n) is 7.11. The van der Waals surface area contributed by atoms with E-state index in [1.165, 1.54) is 7.11 Å². The molecule has 5 nitrogen and oxygen atoms in total. The monoisotopic (exact) mass is 445 g/mol. The molecule has 0 spiro atoms. The molecular weight excluding hydrogens is 422 g/mol. The van der Waals surface area contributed by atoms with Gasteiger partial charge in [0.25, 0.3) is 0 Å². The summed E-state index contributed by atoms with van der Waals surface area (Å²) >= 11 is 3.45. The molecule has 148 valence electrons. The Morgan fingerprint density at radius 2 is 1.75 bits per heavy atom. The summed E-state index contributed by atoms with van der Waals surface area (Å²) in [5.74, 6) is -0.498. The van der Waals surface area contributed by atoms with Crippen LogP contribution in [0.25, 0.3) is 0 Å². The van der Waals surface area contributed by atoms with Crippen molar-refractivity contribution >= 4 is 33.5 Å². The molecule has 0 atom stereocenters. The predicted molar refractivity (Wildman–Crippen MR) is 112 cm³/mol. The maximum atomic E-state index is 13.4. The van der Waals surface area contributed by atoms with E-state index in [9.17, 15) is 9.59 Å². The van der Waals surface area contributed by atoms with Crippen LogP contribution in [0.2, 0.25) is 0 Å². The van der Waals surface area contributed by atoms with E-state index < -0.39 is 11.4 Å². The van der Waals surface area contributed by atoms with Crippen LogP contribution in [-0.2, 0) is 19.7 Å². The number of benzene rings is 2. The average Bonchev–Trinajstić information content (AvgIpc) is 2.71. The minimum absolute atomic E-state index is 0.0859. The predicted octanol–water partition coefficient (Wildman–Crippen LogP) is 4.54. The van der Waals surface area contributed by atoms with E-state index in [4.69, 9.17) is 9.47 Å². The van der Waals surface area contributed by atoms with Crippen molar-refractivity contribution in [2.45, 2.75) is 32.1 Å². The summed E-state index contributed by atoms with van der Waals surface area (Å²) in [5, 5.41) is 3.04. The van der Waals surface area contributed by atoms with Gasteiger partial charge in [-0.05, 0) is 67.6 Å². The number of nitrogens with one attached hydrogen (secondary N) is 1. The molecule has 3 rings (SSSR count). The van der Waals surface area contributed by atoms with E-state index in [-0.39, 0.29) is 5.91 Å². The van der Waals surface area contributed by atoms with Crippen molar-refractivity contribution in [2.24, 2.45) is 0 Å². The SMILES string of the molecule is COC(=O)c1cc(NC(=O)C2(c3ccc(Br)cc3)CCOCC2)cc(C)c1C. The Morgan fingerprint density at radius 1 is 1.11 bits per heavy atom. The first-order chi connectivity index (χ1) is 13.4. The Morgan fingerprint density at radius 3 is 2.36 bits per heavy atom. The third kappa shape index (κ3) is 3.98. The zero-order valence-corrected chi connectivity index (χ0v) is 17.9. The van der Waals surface area contributed by atoms with Crippen LogP contribution in [0.1, 0.15) is 39.9 Å². The molecule has 2 aromatic carbocycles. The number of methoxy groups -OCH3 is 1. The van der Waals surface area contributed by atoms with Gasteiger partial charge >= 0.3 is 5.97 Å². The molecule has 0 saturated carbocycles. The Kier molecular flexibility index (Phi) is 6.20. The summed E-state index contributed by atoms with van der Waals surface area (Å²) in [7, 11) is 1.35. The molecule has 1 aliphatic heterocycles. The minimum atomic E-state index is -0.664. The summed E-state index contributed by atoms with van der Waals surface area (Å²) in [6, 6.07) is 11.4. The van der Waals surface area contributed by atoms with Crippen molar-refractivity contribution in [3.05, 3.63) is 63.1 Å². The van der Waals surface area contributed by atoms with E-state index in [2.05, 4.69) is 21.2 Å². The number of hydrogen-bond donors (Lipinski definition) is 1. The Bertz CT molecular complexity index is 886. The van der Waals surface area contributed by atoms with Crippen molar-refractivity contribution in [1.29, 1.82) is 0 Å². The van der Waals surface area contributed by atoms with Gasteiger partial charge < -0.3 is 14.8 Å². The standard InChI is InChI=1S/C22H24BrNO4/c1-14-12-18(13-19(15(14)2)20(25)27-3)24-21(26)22(8-10-28-11-9-22)16-4-6-17(23)7-5-16/h4-7,12-13H,8-11H2,1-3H3,(H,24,26). The highest BCUT2D eigenvalue weighted by Gasteiger charge is 2.41. The van der Waals surface area contributed by atoms with Crippen molar-refractivity contribution in [2.75, 3.05) is 25.6 Å². The van der Waals surface area contributed by atoms with Gasteiger partial charge in [0.2, 0.25) is 5.91 Å². The van der Waals surface area contributed by atoms with Crippen LogP contribution in [0.15, 0.2) is 40.9 Å². The molecule has 0 aliphatic carbocycles. The van der Waals surface area contributed by atoms with E-state index in [0.717, 1.165) is 21.2 Å². The van der Waals surface area contributed by atoms with Crippen molar-refractivity contribution in [3.63, 3.8) is 0 Å². The van der Waals surface area contributed by atoms with Crippen LogP contribution in [0.3, 0.4) is 0 Å². The van der Waals surface area contributed by atoms with Gasteiger partial charge in [0, 0.05) is 23.4 Å². The lowest BCUT2D eigenvalue weighted by Crippen LogP contribution is -2.44. The minimum Gasteiger partial charge on any atom is -0.465 e. The lowest BCUT2D eigenvalue weighted by molar-refractivity contribution is -0.125. The molecule has 1 amide bonds. The number of esters is 1. The number of hydrogen-bond acceptors (Lipinski definition) is 4. The lowest BCUT2D eigenvalue weighted by Gasteiger charge is -2.36. The highest BCUT2D eigenvalue weighted by atomic mass is 79.9. The number of aryl methyl sites for hydroxylation is 1. The zero-order chi connectivity index (χ0) is 20.3. The quantitative estimate of drug-likeness (QED) is 0.701. The molecule has 1 aliphatic rings. The Labute approximate surface area is 173 Å². The van der Waals surface area contributed by atoms with E-state index in [1.54, 1.807) is 6.07 Å². The van der Waals surface area contributed by atoms with Crippen molar-refractivity contribution < 1.29 is 19.1 Å². The maximum absolute atomic E-state index is 13.4. The smallest absolute Gasteiger partial charge is 0.338 e. The normalized spacial score (nSPS) is 15.7. The van der Waals surface area contributed by atoms with Crippen molar-refractivity contribution in [3.8, 4) is 0 Å². The number of rotatable bonds is 4. The molecule has 0 aromatic heterocycles. The number of carbonyl (C=O) groups is 2. The number of amides is 1. The summed E-state index contributed by atoms with van der Waals surface area (Å²) < 4.78 is 11.4. The van der Waals surface area contributed by atoms with Crippen LogP contribution in [0.5, 0.6) is 0 Å². The molecule has 1 fully saturated rings. The molecule has 1 heterocycles. The van der Waals surface area contributed by atoms with Gasteiger partial charge in [0.15, 0.2) is 0 Å². The summed E-state index contributed by atoms with van der Waals surface area (Å²) in [6.45, 7) is 4.85. The third-order valence-electron chi connectivity index (χ3n) is 5.51. The molecule has 2 aromatic rings. The second-order valence-corrected chi connectivity index (χ2v) is 8.03. The Hall–Kier alpha value is -2.18. The Balaban J connectivity index is 1.96. The first kappa shape index (κ1) is 20.6. The van der Waals surface area contributed by atoms with Gasteiger partial charge in [-0.15, -0.1) is 0 Å². The third-order valence-corrected chi connectivity index (χ3v) is 6.04. The lowest BCUT2D eigenvalue weighted by atomic mass is 9.73. The van der Waals surface area contributed by atoms with Gasteiger partial charge in [-0.3, -0.25) is 4.79 Å². The average molecular weight is 446 g/mol. The van der Waals surface area contributed by atoms with Crippen molar-refractivity contribution in [1.82, 2.24) is 0 Å². The largest absolute Gasteiger partial charge is 0.465 e. The first-order valence-electron chi connectivity index (χ1n) is 9.22. The van der Waals surface area contributed by atoms with E-state index in [0.29, 0.717) is 37.3 Å². The van der Waals surface area contributed by atoms with Gasteiger partial charge in [-0.2, -0.15) is 0 Å². The molecule has 6 heteroatoms. The molecule has 28 heavy (non-hydrogen) atoms. The summed E-state index contributed by atoms with van der Waals surface area (Å²) in [4.78, 5) is 25.5. The van der Waals surface area contributed by atoms with Crippen LogP contribution in [0, 0.1) is 13.8 Å².